The zero-order valence-corrected chi connectivity index (χ0v) is 12.1. The topological polar surface area (TPSA) is 54.5 Å². The lowest BCUT2D eigenvalue weighted by Gasteiger charge is -2.37. The molecule has 0 bridgehead atoms. The second kappa shape index (κ2) is 5.06. The highest BCUT2D eigenvalue weighted by Gasteiger charge is 2.34. The van der Waals surface area contributed by atoms with Gasteiger partial charge < -0.3 is 0 Å². The minimum atomic E-state index is -3.49. The average molecular weight is 281 g/mol. The molecule has 4 nitrogen and oxygen atoms in total. The summed E-state index contributed by atoms with van der Waals surface area (Å²) in [7, 11) is -3.49. The summed E-state index contributed by atoms with van der Waals surface area (Å²) in [5.74, 6) is 0. The molecule has 1 aromatic rings. The summed E-state index contributed by atoms with van der Waals surface area (Å²) >= 11 is 0. The Morgan fingerprint density at radius 3 is 2.68 bits per heavy atom. The van der Waals surface area contributed by atoms with Crippen molar-refractivity contribution in [2.45, 2.75) is 31.6 Å². The van der Waals surface area contributed by atoms with Crippen molar-refractivity contribution in [1.82, 2.24) is 4.31 Å². The zero-order chi connectivity index (χ0) is 14.1. The van der Waals surface area contributed by atoms with Crippen LogP contribution < -0.4 is 0 Å². The van der Waals surface area contributed by atoms with Crippen LogP contribution in [0.3, 0.4) is 0 Å². The number of sulfonamides is 1. The molecule has 0 amide bonds. The largest absolute Gasteiger partial charge is 0.298 e. The highest BCUT2D eigenvalue weighted by Crippen LogP contribution is 2.31. The lowest BCUT2D eigenvalue weighted by Crippen LogP contribution is -2.43. The normalized spacial score (nSPS) is 20.1. The summed E-state index contributed by atoms with van der Waals surface area (Å²) in [4.78, 5) is 11.0. The van der Waals surface area contributed by atoms with Crippen LogP contribution in [0.1, 0.15) is 37.0 Å². The molecule has 5 heteroatoms. The van der Waals surface area contributed by atoms with Crippen LogP contribution in [0, 0.1) is 5.41 Å². The smallest absolute Gasteiger partial charge is 0.243 e. The molecule has 0 atom stereocenters. The van der Waals surface area contributed by atoms with Crippen molar-refractivity contribution in [3.8, 4) is 0 Å². The lowest BCUT2D eigenvalue weighted by atomic mass is 9.85. The molecule has 1 aliphatic heterocycles. The third-order valence-corrected chi connectivity index (χ3v) is 5.34. The van der Waals surface area contributed by atoms with E-state index in [0.29, 0.717) is 24.9 Å². The maximum Gasteiger partial charge on any atom is 0.243 e. The first-order chi connectivity index (χ1) is 8.85. The molecule has 0 radical (unpaired) electrons. The van der Waals surface area contributed by atoms with E-state index in [9.17, 15) is 13.2 Å². The Bertz CT molecular complexity index is 578. The Morgan fingerprint density at radius 1 is 1.32 bits per heavy atom. The number of rotatable bonds is 3. The molecule has 0 N–H and O–H groups in total. The zero-order valence-electron chi connectivity index (χ0n) is 11.3. The fourth-order valence-corrected chi connectivity index (χ4v) is 4.19. The molecule has 1 aliphatic rings. The summed E-state index contributed by atoms with van der Waals surface area (Å²) in [6, 6.07) is 6.19. The van der Waals surface area contributed by atoms with E-state index in [1.54, 1.807) is 18.2 Å². The van der Waals surface area contributed by atoms with Gasteiger partial charge >= 0.3 is 0 Å². The molecule has 0 aromatic heterocycles. The third kappa shape index (κ3) is 3.04. The number of hydrogen-bond donors (Lipinski definition) is 0. The van der Waals surface area contributed by atoms with Crippen LogP contribution >= 0.6 is 0 Å². The first-order valence-electron chi connectivity index (χ1n) is 6.41. The van der Waals surface area contributed by atoms with Gasteiger partial charge in [0.15, 0.2) is 0 Å². The van der Waals surface area contributed by atoms with Gasteiger partial charge in [-0.1, -0.05) is 26.0 Å². The molecule has 19 heavy (non-hydrogen) atoms. The Kier molecular flexibility index (Phi) is 3.78. The van der Waals surface area contributed by atoms with Gasteiger partial charge in [-0.05, 0) is 30.4 Å². The van der Waals surface area contributed by atoms with Crippen LogP contribution in [0.2, 0.25) is 0 Å². The second-order valence-electron chi connectivity index (χ2n) is 5.80. The minimum Gasteiger partial charge on any atom is -0.298 e. The standard InChI is InChI=1S/C14H19NO3S/c1-14(2)7-4-8-15(11-14)19(17,18)13-6-3-5-12(9-13)10-16/h3,5-6,9-10H,4,7-8,11H2,1-2H3. The van der Waals surface area contributed by atoms with Gasteiger partial charge in [0, 0.05) is 18.7 Å². The highest BCUT2D eigenvalue weighted by atomic mass is 32.2. The summed E-state index contributed by atoms with van der Waals surface area (Å²) < 4.78 is 26.6. The fourth-order valence-electron chi connectivity index (χ4n) is 2.47. The summed E-state index contributed by atoms with van der Waals surface area (Å²) in [6.45, 7) is 5.24. The highest BCUT2D eigenvalue weighted by molar-refractivity contribution is 7.89. The van der Waals surface area contributed by atoms with Crippen LogP contribution in [0.4, 0.5) is 0 Å². The number of hydrogen-bond acceptors (Lipinski definition) is 3. The van der Waals surface area contributed by atoms with E-state index in [0.717, 1.165) is 12.8 Å². The predicted molar refractivity (Wildman–Crippen MR) is 73.6 cm³/mol. The summed E-state index contributed by atoms with van der Waals surface area (Å²) in [6.07, 6.45) is 2.58. The molecule has 1 fully saturated rings. The molecule has 1 heterocycles. The molecule has 0 saturated carbocycles. The van der Waals surface area contributed by atoms with Gasteiger partial charge in [-0.25, -0.2) is 8.42 Å². The number of nitrogens with zero attached hydrogens (tertiary/aromatic N) is 1. The molecule has 104 valence electrons. The molecule has 2 rings (SSSR count). The van der Waals surface area contributed by atoms with Gasteiger partial charge in [-0.2, -0.15) is 4.31 Å². The SMILES string of the molecule is CC1(C)CCCN(S(=O)(=O)c2cccc(C=O)c2)C1. The van der Waals surface area contributed by atoms with Gasteiger partial charge in [0.05, 0.1) is 4.90 Å². The van der Waals surface area contributed by atoms with Crippen molar-refractivity contribution in [2.75, 3.05) is 13.1 Å². The van der Waals surface area contributed by atoms with Crippen LogP contribution in [-0.4, -0.2) is 32.1 Å². The number of carbonyl (C=O) groups is 1. The summed E-state index contributed by atoms with van der Waals surface area (Å²) in [5, 5.41) is 0. The Balaban J connectivity index is 2.33. The quantitative estimate of drug-likeness (QED) is 0.799. The van der Waals surface area contributed by atoms with Crippen molar-refractivity contribution < 1.29 is 13.2 Å². The van der Waals surface area contributed by atoms with Gasteiger partial charge in [0.1, 0.15) is 6.29 Å². The Hall–Kier alpha value is -1.20. The van der Waals surface area contributed by atoms with Crippen molar-refractivity contribution in [3.05, 3.63) is 29.8 Å². The van der Waals surface area contributed by atoms with Crippen molar-refractivity contribution in [1.29, 1.82) is 0 Å². The molecular weight excluding hydrogens is 262 g/mol. The lowest BCUT2D eigenvalue weighted by molar-refractivity contribution is 0.112. The molecular formula is C14H19NO3S. The van der Waals surface area contributed by atoms with Gasteiger partial charge in [0.2, 0.25) is 10.0 Å². The molecule has 0 aliphatic carbocycles. The van der Waals surface area contributed by atoms with Crippen LogP contribution in [0.15, 0.2) is 29.2 Å². The van der Waals surface area contributed by atoms with Crippen LogP contribution in [-0.2, 0) is 10.0 Å². The van der Waals surface area contributed by atoms with Gasteiger partial charge in [-0.3, -0.25) is 4.79 Å². The molecule has 0 spiro atoms. The monoisotopic (exact) mass is 281 g/mol. The Labute approximate surface area is 114 Å². The van der Waals surface area contributed by atoms with E-state index in [4.69, 9.17) is 0 Å². The number of benzene rings is 1. The Morgan fingerprint density at radius 2 is 2.05 bits per heavy atom. The maximum atomic E-state index is 12.6. The average Bonchev–Trinajstić information content (AvgIpc) is 2.37. The van der Waals surface area contributed by atoms with Gasteiger partial charge in [-0.15, -0.1) is 0 Å². The number of piperidine rings is 1. The van der Waals surface area contributed by atoms with Crippen LogP contribution in [0.25, 0.3) is 0 Å². The maximum absolute atomic E-state index is 12.6. The van der Waals surface area contributed by atoms with E-state index in [2.05, 4.69) is 13.8 Å². The van der Waals surface area contributed by atoms with Gasteiger partial charge in [0.25, 0.3) is 0 Å². The third-order valence-electron chi connectivity index (χ3n) is 3.50. The van der Waals surface area contributed by atoms with E-state index in [1.807, 2.05) is 0 Å². The fraction of sp³-hybridized carbons (Fsp3) is 0.500. The molecule has 1 aromatic carbocycles. The van der Waals surface area contributed by atoms with E-state index >= 15 is 0 Å². The van der Waals surface area contributed by atoms with E-state index < -0.39 is 10.0 Å². The van der Waals surface area contributed by atoms with E-state index in [-0.39, 0.29) is 10.3 Å². The predicted octanol–water partition coefficient (Wildman–Crippen LogP) is 2.31. The molecule has 0 unspecified atom stereocenters. The minimum absolute atomic E-state index is 0.00753. The number of carbonyl (C=O) groups excluding carboxylic acids is 1. The van der Waals surface area contributed by atoms with Crippen LogP contribution in [0.5, 0.6) is 0 Å². The van der Waals surface area contributed by atoms with E-state index in [1.165, 1.54) is 10.4 Å². The van der Waals surface area contributed by atoms with Crippen molar-refractivity contribution >= 4 is 16.3 Å². The first-order valence-corrected chi connectivity index (χ1v) is 7.85. The summed E-state index contributed by atoms with van der Waals surface area (Å²) in [5.41, 5.74) is 0.394. The second-order valence-corrected chi connectivity index (χ2v) is 7.73. The molecule has 1 saturated heterocycles. The van der Waals surface area contributed by atoms with Crippen molar-refractivity contribution in [2.24, 2.45) is 5.41 Å². The number of aldehydes is 1. The first kappa shape index (κ1) is 14.2. The van der Waals surface area contributed by atoms with Crippen molar-refractivity contribution in [3.63, 3.8) is 0 Å².